The molecular weight excluding hydrogens is 410 g/mol. The first-order chi connectivity index (χ1) is 13.0. The summed E-state index contributed by atoms with van der Waals surface area (Å²) in [7, 11) is -8.92. The van der Waals surface area contributed by atoms with Crippen molar-refractivity contribution >= 4 is 48.1 Å². The van der Waals surface area contributed by atoms with E-state index in [4.69, 9.17) is 10.3 Å². The number of nitrogens with zero attached hydrogens (tertiary/aromatic N) is 2. The Morgan fingerprint density at radius 1 is 0.714 bits per heavy atom. The van der Waals surface area contributed by atoms with Crippen molar-refractivity contribution in [2.75, 3.05) is 5.73 Å². The second kappa shape index (κ2) is 6.83. The Hall–Kier alpha value is -3.06. The van der Waals surface area contributed by atoms with E-state index in [1.54, 1.807) is 0 Å². The SMILES string of the molecule is Nc1ccc(N=Nc2cc(S(=O)(=O)O)ccc2O)c2ccc(S(=O)(=O)O)cc12. The molecule has 12 heteroatoms. The molecule has 3 aromatic rings. The zero-order valence-electron chi connectivity index (χ0n) is 13.9. The molecule has 0 aliphatic heterocycles. The van der Waals surface area contributed by atoms with Gasteiger partial charge in [-0.25, -0.2) is 0 Å². The topological polar surface area (TPSA) is 180 Å². The number of phenolic OH excluding ortho intramolecular Hbond substituents is 1. The maximum Gasteiger partial charge on any atom is 0.294 e. The fourth-order valence-electron chi connectivity index (χ4n) is 2.43. The first-order valence-corrected chi connectivity index (χ1v) is 10.4. The predicted octanol–water partition coefficient (Wildman–Crippen LogP) is 3.04. The first kappa shape index (κ1) is 19.7. The van der Waals surface area contributed by atoms with Gasteiger partial charge < -0.3 is 10.8 Å². The fraction of sp³-hybridized carbons (Fsp3) is 0. The van der Waals surface area contributed by atoms with E-state index < -0.39 is 25.1 Å². The fourth-order valence-corrected chi connectivity index (χ4v) is 3.44. The largest absolute Gasteiger partial charge is 0.506 e. The minimum absolute atomic E-state index is 0.213. The summed E-state index contributed by atoms with van der Waals surface area (Å²) in [5.74, 6) is -0.371. The number of fused-ring (bicyclic) bond motifs is 1. The molecule has 0 unspecified atom stereocenters. The highest BCUT2D eigenvalue weighted by Crippen LogP contribution is 2.35. The summed E-state index contributed by atoms with van der Waals surface area (Å²) in [5.41, 5.74) is 6.11. The molecule has 0 saturated heterocycles. The van der Waals surface area contributed by atoms with Crippen LogP contribution in [0.25, 0.3) is 10.8 Å². The van der Waals surface area contributed by atoms with E-state index >= 15 is 0 Å². The Labute approximate surface area is 159 Å². The van der Waals surface area contributed by atoms with Gasteiger partial charge in [0.2, 0.25) is 0 Å². The molecule has 0 saturated carbocycles. The van der Waals surface area contributed by atoms with Crippen molar-refractivity contribution in [2.45, 2.75) is 9.79 Å². The summed E-state index contributed by atoms with van der Waals surface area (Å²) in [5, 5.41) is 18.3. The molecule has 5 N–H and O–H groups in total. The zero-order chi connectivity index (χ0) is 20.7. The summed E-state index contributed by atoms with van der Waals surface area (Å²) in [6.45, 7) is 0. The number of phenols is 1. The van der Waals surface area contributed by atoms with E-state index in [-0.39, 0.29) is 27.7 Å². The van der Waals surface area contributed by atoms with Crippen LogP contribution in [0.4, 0.5) is 17.1 Å². The smallest absolute Gasteiger partial charge is 0.294 e. The van der Waals surface area contributed by atoms with Gasteiger partial charge in [0, 0.05) is 16.5 Å². The highest BCUT2D eigenvalue weighted by Gasteiger charge is 2.14. The molecule has 0 atom stereocenters. The quantitative estimate of drug-likeness (QED) is 0.281. The molecule has 146 valence electrons. The van der Waals surface area contributed by atoms with E-state index in [1.165, 1.54) is 24.3 Å². The number of anilines is 1. The monoisotopic (exact) mass is 423 g/mol. The Kier molecular flexibility index (Phi) is 4.81. The molecule has 0 bridgehead atoms. The first-order valence-electron chi connectivity index (χ1n) is 7.49. The summed E-state index contributed by atoms with van der Waals surface area (Å²) in [4.78, 5) is -0.821. The number of hydrogen-bond acceptors (Lipinski definition) is 8. The molecule has 3 aromatic carbocycles. The second-order valence-corrected chi connectivity index (χ2v) is 8.53. The highest BCUT2D eigenvalue weighted by molar-refractivity contribution is 7.86. The van der Waals surface area contributed by atoms with Gasteiger partial charge >= 0.3 is 0 Å². The summed E-state index contributed by atoms with van der Waals surface area (Å²) in [6, 6.07) is 9.61. The molecule has 0 spiro atoms. The Morgan fingerprint density at radius 2 is 1.29 bits per heavy atom. The van der Waals surface area contributed by atoms with Gasteiger partial charge in [-0.3, -0.25) is 9.11 Å². The summed E-state index contributed by atoms with van der Waals surface area (Å²) >= 11 is 0. The van der Waals surface area contributed by atoms with Gasteiger partial charge in [0.1, 0.15) is 11.4 Å². The maximum atomic E-state index is 11.3. The van der Waals surface area contributed by atoms with Crippen LogP contribution >= 0.6 is 0 Å². The highest BCUT2D eigenvalue weighted by atomic mass is 32.2. The van der Waals surface area contributed by atoms with Gasteiger partial charge in [-0.15, -0.1) is 10.2 Å². The lowest BCUT2D eigenvalue weighted by Gasteiger charge is -2.07. The van der Waals surface area contributed by atoms with Crippen molar-refractivity contribution in [3.8, 4) is 5.75 Å². The zero-order valence-corrected chi connectivity index (χ0v) is 15.5. The van der Waals surface area contributed by atoms with Crippen LogP contribution in [0.1, 0.15) is 0 Å². The molecule has 28 heavy (non-hydrogen) atoms. The normalized spacial score (nSPS) is 12.6. The molecule has 0 aromatic heterocycles. The van der Waals surface area contributed by atoms with Crippen molar-refractivity contribution in [1.29, 1.82) is 0 Å². The van der Waals surface area contributed by atoms with Crippen molar-refractivity contribution in [3.05, 3.63) is 48.5 Å². The van der Waals surface area contributed by atoms with Gasteiger partial charge in [0.15, 0.2) is 0 Å². The standard InChI is InChI=1S/C16H13N3O7S2/c17-13-4-5-14(11-3-1-9(7-12(11)13)27(21,22)23)18-19-15-8-10(28(24,25)26)2-6-16(15)20/h1-8,20H,17H2,(H,21,22,23)(H,24,25,26). The number of rotatable bonds is 4. The van der Waals surface area contributed by atoms with Gasteiger partial charge in [0.05, 0.1) is 15.5 Å². The molecule has 0 aliphatic rings. The Morgan fingerprint density at radius 3 is 1.93 bits per heavy atom. The minimum Gasteiger partial charge on any atom is -0.506 e. The van der Waals surface area contributed by atoms with Crippen molar-refractivity contribution < 1.29 is 31.0 Å². The van der Waals surface area contributed by atoms with Crippen molar-refractivity contribution in [1.82, 2.24) is 0 Å². The van der Waals surface area contributed by atoms with E-state index in [1.807, 2.05) is 0 Å². The van der Waals surface area contributed by atoms with Crippen LogP contribution in [0.15, 0.2) is 68.6 Å². The number of hydrogen-bond donors (Lipinski definition) is 4. The van der Waals surface area contributed by atoms with Gasteiger partial charge in [-0.2, -0.15) is 16.8 Å². The number of benzene rings is 3. The predicted molar refractivity (Wildman–Crippen MR) is 100 cm³/mol. The maximum absolute atomic E-state index is 11.3. The molecule has 0 fully saturated rings. The Balaban J connectivity index is 2.12. The lowest BCUT2D eigenvalue weighted by atomic mass is 10.1. The molecule has 0 radical (unpaired) electrons. The van der Waals surface area contributed by atoms with Crippen LogP contribution in [-0.4, -0.2) is 31.0 Å². The van der Waals surface area contributed by atoms with E-state index in [9.17, 15) is 26.5 Å². The van der Waals surface area contributed by atoms with Gasteiger partial charge in [-0.1, -0.05) is 6.07 Å². The van der Waals surface area contributed by atoms with E-state index in [0.717, 1.165) is 24.3 Å². The molecule has 0 aliphatic carbocycles. The average molecular weight is 423 g/mol. The molecule has 0 amide bonds. The van der Waals surface area contributed by atoms with Gasteiger partial charge in [0.25, 0.3) is 20.2 Å². The van der Waals surface area contributed by atoms with Gasteiger partial charge in [-0.05, 0) is 42.5 Å². The van der Waals surface area contributed by atoms with E-state index in [0.29, 0.717) is 10.8 Å². The molecule has 3 rings (SSSR count). The third-order valence-electron chi connectivity index (χ3n) is 3.81. The second-order valence-electron chi connectivity index (χ2n) is 5.68. The van der Waals surface area contributed by atoms with Crippen LogP contribution in [0.5, 0.6) is 5.75 Å². The number of azo groups is 1. The van der Waals surface area contributed by atoms with Crippen molar-refractivity contribution in [2.24, 2.45) is 10.2 Å². The molecular formula is C16H13N3O7S2. The lowest BCUT2D eigenvalue weighted by molar-refractivity contribution is 0.473. The third kappa shape index (κ3) is 3.94. The summed E-state index contributed by atoms with van der Waals surface area (Å²) < 4.78 is 63.3. The average Bonchev–Trinajstić information content (AvgIpc) is 2.60. The van der Waals surface area contributed by atoms with E-state index in [2.05, 4.69) is 10.2 Å². The van der Waals surface area contributed by atoms with Crippen LogP contribution in [0.2, 0.25) is 0 Å². The lowest BCUT2D eigenvalue weighted by Crippen LogP contribution is -1.98. The summed E-state index contributed by atoms with van der Waals surface area (Å²) in [6.07, 6.45) is 0. The van der Waals surface area contributed by atoms with Crippen LogP contribution in [0, 0.1) is 0 Å². The van der Waals surface area contributed by atoms with Crippen LogP contribution < -0.4 is 5.73 Å². The number of nitrogens with two attached hydrogens (primary N) is 1. The number of aromatic hydroxyl groups is 1. The van der Waals surface area contributed by atoms with Crippen LogP contribution in [0.3, 0.4) is 0 Å². The third-order valence-corrected chi connectivity index (χ3v) is 5.51. The number of nitrogen functional groups attached to an aromatic ring is 1. The molecule has 10 nitrogen and oxygen atoms in total. The Bertz CT molecular complexity index is 1330. The van der Waals surface area contributed by atoms with Crippen molar-refractivity contribution in [3.63, 3.8) is 0 Å². The minimum atomic E-state index is -4.49. The molecule has 0 heterocycles. The van der Waals surface area contributed by atoms with Crippen LogP contribution in [-0.2, 0) is 20.2 Å².